The summed E-state index contributed by atoms with van der Waals surface area (Å²) in [4.78, 5) is 12.9. The maximum Gasteiger partial charge on any atom is 0.282 e. The first-order valence-electron chi connectivity index (χ1n) is 7.52. The molecule has 5 nitrogen and oxygen atoms in total. The van der Waals surface area contributed by atoms with E-state index in [1.54, 1.807) is 6.33 Å². The number of fused-ring (bicyclic) bond motifs is 1. The average Bonchev–Trinajstić information content (AvgIpc) is 2.89. The molecule has 0 saturated heterocycles. The van der Waals surface area contributed by atoms with Gasteiger partial charge in [-0.3, -0.25) is 0 Å². The summed E-state index contributed by atoms with van der Waals surface area (Å²) in [6.45, 7) is 2.75. The minimum atomic E-state index is -0.199. The van der Waals surface area contributed by atoms with Crippen molar-refractivity contribution >= 4 is 6.02 Å². The zero-order valence-electron chi connectivity index (χ0n) is 12.5. The molecule has 22 heavy (non-hydrogen) atoms. The Hall–Kier alpha value is -2.43. The van der Waals surface area contributed by atoms with E-state index < -0.39 is 0 Å². The Balaban J connectivity index is 1.84. The Morgan fingerprint density at radius 2 is 2.00 bits per heavy atom. The van der Waals surface area contributed by atoms with Gasteiger partial charge in [0.2, 0.25) is 0 Å². The van der Waals surface area contributed by atoms with Crippen LogP contribution in [0.25, 0.3) is 11.1 Å². The third-order valence-corrected chi connectivity index (χ3v) is 4.72. The first kappa shape index (κ1) is 13.2. The third-order valence-electron chi connectivity index (χ3n) is 4.72. The van der Waals surface area contributed by atoms with Crippen LogP contribution in [0.2, 0.25) is 0 Å². The number of nitrogens with two attached hydrogens (primary N) is 1. The van der Waals surface area contributed by atoms with E-state index in [2.05, 4.69) is 34.0 Å². The van der Waals surface area contributed by atoms with Gasteiger partial charge >= 0.3 is 0 Å². The minimum absolute atomic E-state index is 0.199. The van der Waals surface area contributed by atoms with Gasteiger partial charge in [-0.15, -0.1) is 0 Å². The van der Waals surface area contributed by atoms with Crippen LogP contribution in [-0.2, 0) is 17.6 Å². The van der Waals surface area contributed by atoms with Crippen LogP contribution in [0.5, 0.6) is 0 Å². The van der Waals surface area contributed by atoms with Crippen molar-refractivity contribution in [2.75, 3.05) is 6.61 Å². The van der Waals surface area contributed by atoms with Gasteiger partial charge in [0.15, 0.2) is 0 Å². The summed E-state index contributed by atoms with van der Waals surface area (Å²) in [5.74, 6) is 0. The Labute approximate surface area is 129 Å². The van der Waals surface area contributed by atoms with Gasteiger partial charge in [0, 0.05) is 24.4 Å². The molecule has 1 aromatic heterocycles. The molecule has 2 aromatic rings. The maximum atomic E-state index is 5.75. The molecule has 2 heterocycles. The van der Waals surface area contributed by atoms with E-state index in [1.165, 1.54) is 22.3 Å². The standard InChI is InChI=1S/C17H18N4O/c1-11-2-3-14(12-7-19-10-20-8-12)15-6-17(5-4-13(11)15)9-22-16(18)21-17/h2-3,7-8,10H,4-6,9H2,1H3,(H2,18,21). The second-order valence-electron chi connectivity index (χ2n) is 6.15. The van der Waals surface area contributed by atoms with Crippen molar-refractivity contribution in [2.45, 2.75) is 31.7 Å². The van der Waals surface area contributed by atoms with Crippen LogP contribution in [0.3, 0.4) is 0 Å². The van der Waals surface area contributed by atoms with Gasteiger partial charge in [0.25, 0.3) is 6.02 Å². The highest BCUT2D eigenvalue weighted by atomic mass is 16.5. The number of aryl methyl sites for hydroxylation is 1. The average molecular weight is 294 g/mol. The number of rotatable bonds is 1. The summed E-state index contributed by atoms with van der Waals surface area (Å²) >= 11 is 0. The van der Waals surface area contributed by atoms with Gasteiger partial charge in [-0.25, -0.2) is 15.0 Å². The molecule has 5 heteroatoms. The zero-order chi connectivity index (χ0) is 15.2. The van der Waals surface area contributed by atoms with Crippen molar-refractivity contribution in [1.82, 2.24) is 9.97 Å². The van der Waals surface area contributed by atoms with Gasteiger partial charge in [0.05, 0.1) is 0 Å². The Morgan fingerprint density at radius 3 is 2.73 bits per heavy atom. The summed E-state index contributed by atoms with van der Waals surface area (Å²) in [5, 5.41) is 0. The normalized spacial score (nSPS) is 23.0. The van der Waals surface area contributed by atoms with Crippen molar-refractivity contribution in [3.63, 3.8) is 0 Å². The molecule has 0 fully saturated rings. The lowest BCUT2D eigenvalue weighted by molar-refractivity contribution is 0.235. The molecule has 1 spiro atoms. The van der Waals surface area contributed by atoms with Gasteiger partial charge in [0.1, 0.15) is 18.5 Å². The molecule has 4 rings (SSSR count). The first-order valence-corrected chi connectivity index (χ1v) is 7.52. The van der Waals surface area contributed by atoms with Crippen LogP contribution < -0.4 is 5.73 Å². The SMILES string of the molecule is Cc1ccc(-c2cncnc2)c2c1CCC1(COC(N)=N1)C2. The van der Waals surface area contributed by atoms with Crippen molar-refractivity contribution in [3.8, 4) is 11.1 Å². The van der Waals surface area contributed by atoms with E-state index in [0.29, 0.717) is 12.6 Å². The van der Waals surface area contributed by atoms with Crippen LogP contribution >= 0.6 is 0 Å². The fraction of sp³-hybridized carbons (Fsp3) is 0.353. The van der Waals surface area contributed by atoms with Gasteiger partial charge in [-0.05, 0) is 42.0 Å². The monoisotopic (exact) mass is 294 g/mol. The summed E-state index contributed by atoms with van der Waals surface area (Å²) in [7, 11) is 0. The lowest BCUT2D eigenvalue weighted by Gasteiger charge is -2.32. The molecule has 1 unspecified atom stereocenters. The van der Waals surface area contributed by atoms with E-state index in [1.807, 2.05) is 12.4 Å². The van der Waals surface area contributed by atoms with Crippen LogP contribution in [0.15, 0.2) is 35.8 Å². The van der Waals surface area contributed by atoms with Crippen molar-refractivity contribution in [3.05, 3.63) is 47.5 Å². The lowest BCUT2D eigenvalue weighted by atomic mass is 9.75. The predicted molar refractivity (Wildman–Crippen MR) is 84.5 cm³/mol. The number of ether oxygens (including phenoxy) is 1. The van der Waals surface area contributed by atoms with E-state index in [9.17, 15) is 0 Å². The molecule has 1 aliphatic heterocycles. The van der Waals surface area contributed by atoms with E-state index in [-0.39, 0.29) is 5.54 Å². The molecule has 2 N–H and O–H groups in total. The van der Waals surface area contributed by atoms with Gasteiger partial charge in [-0.1, -0.05) is 12.1 Å². The first-order chi connectivity index (χ1) is 10.7. The molecule has 1 aliphatic carbocycles. The van der Waals surface area contributed by atoms with Crippen LogP contribution in [0.4, 0.5) is 0 Å². The second-order valence-corrected chi connectivity index (χ2v) is 6.15. The van der Waals surface area contributed by atoms with E-state index >= 15 is 0 Å². The van der Waals surface area contributed by atoms with Crippen molar-refractivity contribution in [1.29, 1.82) is 0 Å². The highest BCUT2D eigenvalue weighted by Gasteiger charge is 2.40. The van der Waals surface area contributed by atoms with Crippen molar-refractivity contribution < 1.29 is 4.74 Å². The minimum Gasteiger partial charge on any atom is -0.463 e. The molecule has 2 aliphatic rings. The second kappa shape index (κ2) is 4.80. The number of benzene rings is 1. The Kier molecular flexibility index (Phi) is 2.89. The quantitative estimate of drug-likeness (QED) is 0.873. The summed E-state index contributed by atoms with van der Waals surface area (Å²) < 4.78 is 5.44. The van der Waals surface area contributed by atoms with E-state index in [0.717, 1.165) is 24.8 Å². The fourth-order valence-corrected chi connectivity index (χ4v) is 3.57. The maximum absolute atomic E-state index is 5.75. The highest BCUT2D eigenvalue weighted by Crippen LogP contribution is 2.40. The lowest BCUT2D eigenvalue weighted by Crippen LogP contribution is -2.36. The van der Waals surface area contributed by atoms with Crippen LogP contribution in [0, 0.1) is 6.92 Å². The molecule has 0 saturated carbocycles. The van der Waals surface area contributed by atoms with Crippen LogP contribution in [0.1, 0.15) is 23.1 Å². The van der Waals surface area contributed by atoms with E-state index in [4.69, 9.17) is 10.5 Å². The summed E-state index contributed by atoms with van der Waals surface area (Å²) in [6.07, 6.45) is 8.12. The Bertz CT molecular complexity index is 757. The van der Waals surface area contributed by atoms with Crippen LogP contribution in [-0.4, -0.2) is 28.1 Å². The van der Waals surface area contributed by atoms with Gasteiger partial charge in [-0.2, -0.15) is 0 Å². The summed E-state index contributed by atoms with van der Waals surface area (Å²) in [5.41, 5.74) is 11.9. The zero-order valence-corrected chi connectivity index (χ0v) is 12.5. The number of hydrogen-bond donors (Lipinski definition) is 1. The number of amidine groups is 1. The molecule has 1 atom stereocenters. The predicted octanol–water partition coefficient (Wildman–Crippen LogP) is 2.02. The summed E-state index contributed by atoms with van der Waals surface area (Å²) in [6, 6.07) is 4.66. The molecular weight excluding hydrogens is 276 g/mol. The fourth-order valence-electron chi connectivity index (χ4n) is 3.57. The van der Waals surface area contributed by atoms with Gasteiger partial charge < -0.3 is 10.5 Å². The number of nitrogens with zero attached hydrogens (tertiary/aromatic N) is 3. The number of aromatic nitrogens is 2. The third kappa shape index (κ3) is 2.04. The molecule has 0 radical (unpaired) electrons. The molecule has 1 aromatic carbocycles. The number of aliphatic imine (C=N–C) groups is 1. The molecule has 0 bridgehead atoms. The molecule has 0 amide bonds. The topological polar surface area (TPSA) is 73.4 Å². The largest absolute Gasteiger partial charge is 0.463 e. The molecule has 112 valence electrons. The number of hydrogen-bond acceptors (Lipinski definition) is 5. The smallest absolute Gasteiger partial charge is 0.282 e. The van der Waals surface area contributed by atoms with Crippen molar-refractivity contribution in [2.24, 2.45) is 10.7 Å². The Morgan fingerprint density at radius 1 is 1.18 bits per heavy atom. The highest BCUT2D eigenvalue weighted by molar-refractivity contribution is 5.75. The molecular formula is C17H18N4O.